The summed E-state index contributed by atoms with van der Waals surface area (Å²) < 4.78 is 9.00. The van der Waals surface area contributed by atoms with E-state index in [0.717, 1.165) is 21.6 Å². The predicted molar refractivity (Wildman–Crippen MR) is 106 cm³/mol. The zero-order valence-electron chi connectivity index (χ0n) is 13.6. The number of rotatable bonds is 7. The van der Waals surface area contributed by atoms with Gasteiger partial charge in [-0.3, -0.25) is 9.36 Å². The van der Waals surface area contributed by atoms with Gasteiger partial charge in [0.1, 0.15) is 11.5 Å². The summed E-state index contributed by atoms with van der Waals surface area (Å²) in [7, 11) is 0. The minimum absolute atomic E-state index is 0.0428. The van der Waals surface area contributed by atoms with E-state index in [1.54, 1.807) is 4.57 Å². The third-order valence-electron chi connectivity index (χ3n) is 3.83. The summed E-state index contributed by atoms with van der Waals surface area (Å²) in [5.41, 5.74) is 0.975. The third kappa shape index (κ3) is 4.44. The average Bonchev–Trinajstić information content (AvgIpc) is 3.15. The van der Waals surface area contributed by atoms with Gasteiger partial charge in [0.15, 0.2) is 3.95 Å². The summed E-state index contributed by atoms with van der Waals surface area (Å²) in [4.78, 5) is 11.3. The summed E-state index contributed by atoms with van der Waals surface area (Å²) >= 11 is 10.0. The average molecular weight is 454 g/mol. The van der Waals surface area contributed by atoms with E-state index in [1.807, 2.05) is 36.4 Å². The lowest BCUT2D eigenvalue weighted by Crippen LogP contribution is -2.01. The van der Waals surface area contributed by atoms with E-state index in [4.69, 9.17) is 21.7 Å². The summed E-state index contributed by atoms with van der Waals surface area (Å²) in [6, 6.07) is 11.6. The highest BCUT2D eigenvalue weighted by Gasteiger charge is 2.15. The van der Waals surface area contributed by atoms with Gasteiger partial charge in [0.2, 0.25) is 5.88 Å². The van der Waals surface area contributed by atoms with Crippen LogP contribution in [0.15, 0.2) is 45.3 Å². The fourth-order valence-electron chi connectivity index (χ4n) is 2.54. The van der Waals surface area contributed by atoms with E-state index in [2.05, 4.69) is 15.9 Å². The zero-order chi connectivity index (χ0) is 18.7. The lowest BCUT2D eigenvalue weighted by atomic mass is 10.2. The van der Waals surface area contributed by atoms with Gasteiger partial charge in [-0.25, -0.2) is 0 Å². The maximum absolute atomic E-state index is 10.6. The van der Waals surface area contributed by atoms with Crippen molar-refractivity contribution in [2.45, 2.75) is 25.8 Å². The summed E-state index contributed by atoms with van der Waals surface area (Å²) in [6.45, 7) is 0.385. The smallest absolute Gasteiger partial charge is 0.303 e. The molecule has 5 nitrogen and oxygen atoms in total. The number of carboxylic acids is 1. The van der Waals surface area contributed by atoms with Crippen LogP contribution in [0, 0.1) is 3.95 Å². The number of carbonyl (C=O) groups is 1. The highest BCUT2D eigenvalue weighted by Crippen LogP contribution is 2.31. The van der Waals surface area contributed by atoms with Crippen LogP contribution < -0.4 is 0 Å². The van der Waals surface area contributed by atoms with Crippen molar-refractivity contribution in [3.8, 4) is 17.2 Å². The van der Waals surface area contributed by atoms with Gasteiger partial charge in [-0.15, -0.1) is 11.3 Å². The number of carboxylic acid groups (broad SMARTS) is 1. The lowest BCUT2D eigenvalue weighted by Gasteiger charge is -2.03. The number of benzene rings is 1. The number of thiazole rings is 1. The SMILES string of the molecule is O=C(O)CCCn1c(O)c(Cc2ccc(-c3ccc(Br)cc3)o2)sc1=S. The largest absolute Gasteiger partial charge is 0.494 e. The number of furan rings is 1. The molecule has 2 heterocycles. The lowest BCUT2D eigenvalue weighted by molar-refractivity contribution is -0.137. The molecule has 0 saturated heterocycles. The van der Waals surface area contributed by atoms with Gasteiger partial charge in [-0.05, 0) is 42.9 Å². The quantitative estimate of drug-likeness (QED) is 0.464. The number of hydrogen-bond acceptors (Lipinski definition) is 5. The Morgan fingerprint density at radius 2 is 1.96 bits per heavy atom. The molecule has 0 unspecified atom stereocenters. The van der Waals surface area contributed by atoms with Crippen molar-refractivity contribution in [1.29, 1.82) is 0 Å². The van der Waals surface area contributed by atoms with Crippen LogP contribution in [0.2, 0.25) is 0 Å². The van der Waals surface area contributed by atoms with Crippen molar-refractivity contribution in [1.82, 2.24) is 4.57 Å². The van der Waals surface area contributed by atoms with Crippen molar-refractivity contribution in [2.75, 3.05) is 0 Å². The summed E-state index contributed by atoms with van der Waals surface area (Å²) in [5.74, 6) is 0.720. The van der Waals surface area contributed by atoms with Crippen LogP contribution >= 0.6 is 39.5 Å². The van der Waals surface area contributed by atoms with E-state index in [9.17, 15) is 9.90 Å². The number of aromatic nitrogens is 1. The third-order valence-corrected chi connectivity index (χ3v) is 5.80. The van der Waals surface area contributed by atoms with Gasteiger partial charge >= 0.3 is 5.97 Å². The van der Waals surface area contributed by atoms with Gasteiger partial charge in [0, 0.05) is 29.4 Å². The minimum Gasteiger partial charge on any atom is -0.494 e. The molecule has 3 aromatic rings. The molecule has 136 valence electrons. The Hall–Kier alpha value is -1.90. The number of hydrogen-bond donors (Lipinski definition) is 2. The molecule has 1 aromatic carbocycles. The van der Waals surface area contributed by atoms with Crippen LogP contribution in [-0.2, 0) is 17.8 Å². The van der Waals surface area contributed by atoms with Gasteiger partial charge in [-0.1, -0.05) is 28.1 Å². The molecule has 0 aliphatic carbocycles. The fraction of sp³-hybridized carbons (Fsp3) is 0.222. The monoisotopic (exact) mass is 453 g/mol. The number of aromatic hydroxyl groups is 1. The first-order valence-electron chi connectivity index (χ1n) is 7.92. The molecule has 0 atom stereocenters. The molecular weight excluding hydrogens is 438 g/mol. The molecule has 2 aromatic heterocycles. The molecule has 0 aliphatic heterocycles. The topological polar surface area (TPSA) is 75.6 Å². The van der Waals surface area contributed by atoms with E-state index >= 15 is 0 Å². The molecule has 26 heavy (non-hydrogen) atoms. The first-order valence-corrected chi connectivity index (χ1v) is 9.93. The zero-order valence-corrected chi connectivity index (χ0v) is 16.9. The van der Waals surface area contributed by atoms with Crippen LogP contribution in [-0.4, -0.2) is 20.7 Å². The number of nitrogens with zero attached hydrogens (tertiary/aromatic N) is 1. The van der Waals surface area contributed by atoms with Gasteiger partial charge in [-0.2, -0.15) is 0 Å². The van der Waals surface area contributed by atoms with Gasteiger partial charge in [0.25, 0.3) is 0 Å². The molecule has 0 saturated carbocycles. The second-order valence-electron chi connectivity index (χ2n) is 5.71. The Balaban J connectivity index is 1.74. The normalized spacial score (nSPS) is 11.0. The van der Waals surface area contributed by atoms with E-state index in [-0.39, 0.29) is 12.3 Å². The highest BCUT2D eigenvalue weighted by atomic mass is 79.9. The molecule has 0 aliphatic rings. The maximum atomic E-state index is 10.6. The molecule has 0 amide bonds. The van der Waals surface area contributed by atoms with Crippen LogP contribution in [0.1, 0.15) is 23.5 Å². The first-order chi connectivity index (χ1) is 12.4. The van der Waals surface area contributed by atoms with Gasteiger partial charge < -0.3 is 14.6 Å². The standard InChI is InChI=1S/C18H16BrNO4S2/c19-12-5-3-11(4-6-12)14-8-7-13(24-14)10-15-17(23)20(18(25)26-15)9-1-2-16(21)22/h3-8,23H,1-2,9-10H2,(H,21,22). The van der Waals surface area contributed by atoms with Crippen LogP contribution in [0.4, 0.5) is 0 Å². The van der Waals surface area contributed by atoms with Crippen molar-refractivity contribution < 1.29 is 19.4 Å². The van der Waals surface area contributed by atoms with Crippen LogP contribution in [0.3, 0.4) is 0 Å². The molecular formula is C18H16BrNO4S2. The molecule has 8 heteroatoms. The fourth-order valence-corrected chi connectivity index (χ4v) is 4.20. The summed E-state index contributed by atoms with van der Waals surface area (Å²) in [6.07, 6.45) is 0.894. The molecule has 0 fully saturated rings. The second-order valence-corrected chi connectivity index (χ2v) is 8.36. The Labute approximate surface area is 167 Å². The molecule has 3 rings (SSSR count). The van der Waals surface area contributed by atoms with Crippen LogP contribution in [0.5, 0.6) is 5.88 Å². The number of aliphatic carboxylic acids is 1. The minimum atomic E-state index is -0.859. The Kier molecular flexibility index (Phi) is 5.95. The first kappa shape index (κ1) is 18.9. The van der Waals surface area contributed by atoms with Crippen LogP contribution in [0.25, 0.3) is 11.3 Å². The van der Waals surface area contributed by atoms with E-state index in [0.29, 0.717) is 28.2 Å². The Morgan fingerprint density at radius 1 is 1.23 bits per heavy atom. The van der Waals surface area contributed by atoms with E-state index in [1.165, 1.54) is 11.3 Å². The van der Waals surface area contributed by atoms with E-state index < -0.39 is 5.97 Å². The maximum Gasteiger partial charge on any atom is 0.303 e. The number of halogens is 1. The van der Waals surface area contributed by atoms with Gasteiger partial charge in [0.05, 0.1) is 4.88 Å². The van der Waals surface area contributed by atoms with Crippen molar-refractivity contribution >= 4 is 45.5 Å². The van der Waals surface area contributed by atoms with Crippen molar-refractivity contribution in [3.63, 3.8) is 0 Å². The molecule has 2 N–H and O–H groups in total. The molecule has 0 spiro atoms. The molecule has 0 radical (unpaired) electrons. The van der Waals surface area contributed by atoms with Crippen molar-refractivity contribution in [2.24, 2.45) is 0 Å². The summed E-state index contributed by atoms with van der Waals surface area (Å²) in [5, 5.41) is 19.1. The Morgan fingerprint density at radius 3 is 2.65 bits per heavy atom. The van der Waals surface area contributed by atoms with Crippen molar-refractivity contribution in [3.05, 3.63) is 55.5 Å². The predicted octanol–water partition coefficient (Wildman–Crippen LogP) is 5.46. The highest BCUT2D eigenvalue weighted by molar-refractivity contribution is 9.10. The molecule has 0 bridgehead atoms. The Bertz CT molecular complexity index is 972. The second kappa shape index (κ2) is 8.20.